The van der Waals surface area contributed by atoms with Crippen LogP contribution in [-0.4, -0.2) is 29.3 Å². The molecule has 0 atom stereocenters. The Hall–Kier alpha value is -1.39. The second kappa shape index (κ2) is 8.02. The summed E-state index contributed by atoms with van der Waals surface area (Å²) < 4.78 is 0. The third-order valence-corrected chi connectivity index (χ3v) is 4.11. The van der Waals surface area contributed by atoms with Crippen LogP contribution in [0.4, 0.5) is 0 Å². The van der Waals surface area contributed by atoms with Gasteiger partial charge >= 0.3 is 5.97 Å². The summed E-state index contributed by atoms with van der Waals surface area (Å²) in [5.74, 6) is -0.815. The van der Waals surface area contributed by atoms with Gasteiger partial charge in [0.1, 0.15) is 0 Å². The quantitative estimate of drug-likeness (QED) is 0.648. The van der Waals surface area contributed by atoms with Crippen LogP contribution in [0.2, 0.25) is 0 Å². The minimum Gasteiger partial charge on any atom is -0.481 e. The van der Waals surface area contributed by atoms with Crippen molar-refractivity contribution in [2.75, 3.05) is 13.2 Å². The Morgan fingerprint density at radius 3 is 2.30 bits per heavy atom. The van der Waals surface area contributed by atoms with E-state index in [0.29, 0.717) is 6.54 Å². The molecule has 3 N–H and O–H groups in total. The molecule has 1 aromatic carbocycles. The molecule has 0 fully saturated rings. The van der Waals surface area contributed by atoms with E-state index in [1.54, 1.807) is 0 Å². The Morgan fingerprint density at radius 2 is 1.80 bits per heavy atom. The molecule has 0 aliphatic heterocycles. The van der Waals surface area contributed by atoms with Crippen molar-refractivity contribution >= 4 is 5.97 Å². The summed E-state index contributed by atoms with van der Waals surface area (Å²) in [6.45, 7) is 5.70. The fourth-order valence-corrected chi connectivity index (χ4v) is 2.31. The van der Waals surface area contributed by atoms with Crippen LogP contribution in [0.5, 0.6) is 0 Å². The molecule has 0 spiro atoms. The van der Waals surface area contributed by atoms with Crippen molar-refractivity contribution in [2.24, 2.45) is 5.41 Å². The van der Waals surface area contributed by atoms with E-state index >= 15 is 0 Å². The third kappa shape index (κ3) is 4.62. The van der Waals surface area contributed by atoms with Gasteiger partial charge in [-0.2, -0.15) is 0 Å². The monoisotopic (exact) mass is 279 g/mol. The number of rotatable bonds is 9. The average Bonchev–Trinajstić information content (AvgIpc) is 2.45. The Labute approximate surface area is 120 Å². The molecule has 0 unspecified atom stereocenters. The maximum absolute atomic E-state index is 10.8. The molecule has 0 radical (unpaired) electrons. The van der Waals surface area contributed by atoms with Crippen LogP contribution in [0.1, 0.15) is 37.8 Å². The Kier molecular flexibility index (Phi) is 6.68. The Bertz CT molecular complexity index is 419. The van der Waals surface area contributed by atoms with Gasteiger partial charge in [-0.3, -0.25) is 4.79 Å². The second-order valence-corrected chi connectivity index (χ2v) is 5.31. The van der Waals surface area contributed by atoms with Crippen molar-refractivity contribution in [1.29, 1.82) is 0 Å². The Balaban J connectivity index is 2.64. The fraction of sp³-hybridized carbons (Fsp3) is 0.562. The van der Waals surface area contributed by atoms with Crippen molar-refractivity contribution < 1.29 is 15.0 Å². The first-order valence-electron chi connectivity index (χ1n) is 7.17. The van der Waals surface area contributed by atoms with Crippen LogP contribution in [0.25, 0.3) is 0 Å². The number of carboxylic acid groups (broad SMARTS) is 1. The number of carbonyl (C=O) groups is 1. The molecule has 20 heavy (non-hydrogen) atoms. The van der Waals surface area contributed by atoms with Gasteiger partial charge in [-0.1, -0.05) is 38.1 Å². The zero-order chi connectivity index (χ0) is 15.0. The largest absolute Gasteiger partial charge is 0.481 e. The van der Waals surface area contributed by atoms with Crippen molar-refractivity contribution in [2.45, 2.75) is 39.7 Å². The van der Waals surface area contributed by atoms with Crippen molar-refractivity contribution in [3.05, 3.63) is 35.4 Å². The van der Waals surface area contributed by atoms with E-state index in [1.807, 2.05) is 24.3 Å². The van der Waals surface area contributed by atoms with Gasteiger partial charge in [-0.25, -0.2) is 0 Å². The first kappa shape index (κ1) is 16.7. The SMILES string of the molecule is CCC(CC)(CO)CNCc1ccccc1CC(=O)O. The number of aliphatic hydroxyl groups is 1. The summed E-state index contributed by atoms with van der Waals surface area (Å²) in [5.41, 5.74) is 1.77. The number of carboxylic acids is 1. The molecular weight excluding hydrogens is 254 g/mol. The van der Waals surface area contributed by atoms with Crippen LogP contribution < -0.4 is 5.32 Å². The highest BCUT2D eigenvalue weighted by atomic mass is 16.4. The molecule has 0 aliphatic rings. The number of benzene rings is 1. The standard InChI is InChI=1S/C16H25NO3/c1-3-16(4-2,12-18)11-17-10-14-8-6-5-7-13(14)9-15(19)20/h5-8,17-18H,3-4,9-12H2,1-2H3,(H,19,20). The van der Waals surface area contributed by atoms with Crippen molar-refractivity contribution in [3.8, 4) is 0 Å². The lowest BCUT2D eigenvalue weighted by atomic mass is 9.83. The average molecular weight is 279 g/mol. The van der Waals surface area contributed by atoms with Gasteiger partial charge in [0, 0.05) is 25.1 Å². The maximum Gasteiger partial charge on any atom is 0.307 e. The number of hydrogen-bond donors (Lipinski definition) is 3. The van der Waals surface area contributed by atoms with E-state index in [-0.39, 0.29) is 18.4 Å². The molecule has 0 aromatic heterocycles. The van der Waals surface area contributed by atoms with E-state index in [2.05, 4.69) is 19.2 Å². The summed E-state index contributed by atoms with van der Waals surface area (Å²) >= 11 is 0. The van der Waals surface area contributed by atoms with Crippen LogP contribution in [0.3, 0.4) is 0 Å². The highest BCUT2D eigenvalue weighted by molar-refractivity contribution is 5.70. The molecule has 1 aromatic rings. The summed E-state index contributed by atoms with van der Waals surface area (Å²) in [5, 5.41) is 21.8. The first-order valence-corrected chi connectivity index (χ1v) is 7.17. The normalized spacial score (nSPS) is 11.6. The molecule has 4 heteroatoms. The lowest BCUT2D eigenvalue weighted by Crippen LogP contribution is -2.36. The minimum atomic E-state index is -0.815. The van der Waals surface area contributed by atoms with Crippen LogP contribution >= 0.6 is 0 Å². The molecule has 0 aliphatic carbocycles. The third-order valence-electron chi connectivity index (χ3n) is 4.11. The van der Waals surface area contributed by atoms with E-state index in [1.165, 1.54) is 0 Å². The zero-order valence-electron chi connectivity index (χ0n) is 12.4. The van der Waals surface area contributed by atoms with Gasteiger partial charge in [0.2, 0.25) is 0 Å². The van der Waals surface area contributed by atoms with Crippen molar-refractivity contribution in [3.63, 3.8) is 0 Å². The predicted octanol–water partition coefficient (Wildman–Crippen LogP) is 2.20. The molecule has 4 nitrogen and oxygen atoms in total. The fourth-order valence-electron chi connectivity index (χ4n) is 2.31. The number of aliphatic hydroxyl groups excluding tert-OH is 1. The molecule has 0 amide bonds. The number of nitrogens with one attached hydrogen (secondary N) is 1. The van der Waals surface area contributed by atoms with Crippen LogP contribution in [-0.2, 0) is 17.8 Å². The van der Waals surface area contributed by atoms with E-state index in [9.17, 15) is 9.90 Å². The highest BCUT2D eigenvalue weighted by Gasteiger charge is 2.24. The summed E-state index contributed by atoms with van der Waals surface area (Å²) in [6, 6.07) is 7.58. The van der Waals surface area contributed by atoms with E-state index in [4.69, 9.17) is 5.11 Å². The lowest BCUT2D eigenvalue weighted by Gasteiger charge is -2.29. The molecule has 112 valence electrons. The van der Waals surface area contributed by atoms with Gasteiger partial charge in [-0.05, 0) is 24.0 Å². The highest BCUT2D eigenvalue weighted by Crippen LogP contribution is 2.24. The molecule has 0 saturated heterocycles. The van der Waals surface area contributed by atoms with E-state index in [0.717, 1.165) is 30.5 Å². The Morgan fingerprint density at radius 1 is 1.20 bits per heavy atom. The van der Waals surface area contributed by atoms with Crippen molar-refractivity contribution in [1.82, 2.24) is 5.32 Å². The molecule has 0 saturated carbocycles. The summed E-state index contributed by atoms with van der Waals surface area (Å²) in [6.07, 6.45) is 1.89. The molecular formula is C16H25NO3. The second-order valence-electron chi connectivity index (χ2n) is 5.31. The van der Waals surface area contributed by atoms with Gasteiger partial charge in [0.25, 0.3) is 0 Å². The lowest BCUT2D eigenvalue weighted by molar-refractivity contribution is -0.136. The van der Waals surface area contributed by atoms with Gasteiger partial charge < -0.3 is 15.5 Å². The summed E-state index contributed by atoms with van der Waals surface area (Å²) in [4.78, 5) is 10.8. The van der Waals surface area contributed by atoms with Crippen LogP contribution in [0, 0.1) is 5.41 Å². The molecule has 0 bridgehead atoms. The summed E-state index contributed by atoms with van der Waals surface area (Å²) in [7, 11) is 0. The topological polar surface area (TPSA) is 69.6 Å². The van der Waals surface area contributed by atoms with Gasteiger partial charge in [0.15, 0.2) is 0 Å². The molecule has 1 rings (SSSR count). The number of aliphatic carboxylic acids is 1. The van der Waals surface area contributed by atoms with E-state index < -0.39 is 5.97 Å². The zero-order valence-corrected chi connectivity index (χ0v) is 12.4. The maximum atomic E-state index is 10.8. The minimum absolute atomic E-state index is 0.0462. The molecule has 0 heterocycles. The predicted molar refractivity (Wildman–Crippen MR) is 79.6 cm³/mol. The van der Waals surface area contributed by atoms with Crippen LogP contribution in [0.15, 0.2) is 24.3 Å². The smallest absolute Gasteiger partial charge is 0.307 e. The first-order chi connectivity index (χ1) is 9.56. The van der Waals surface area contributed by atoms with Gasteiger partial charge in [0.05, 0.1) is 6.42 Å². The van der Waals surface area contributed by atoms with Gasteiger partial charge in [-0.15, -0.1) is 0 Å². The number of hydrogen-bond acceptors (Lipinski definition) is 3.